The first-order chi connectivity index (χ1) is 9.17. The van der Waals surface area contributed by atoms with Crippen LogP contribution in [0.2, 0.25) is 0 Å². The van der Waals surface area contributed by atoms with Crippen molar-refractivity contribution >= 4 is 17.7 Å². The standard InChI is InChI=1S/C14H20FNO2S/c1-3-7-16-10-11-9-12(15)4-5-13(11)19-8-6-14(17)18-2/h4-5,9,16H,3,6-8,10H2,1-2H3. The molecule has 0 aliphatic heterocycles. The van der Waals surface area contributed by atoms with Gasteiger partial charge in [0, 0.05) is 17.2 Å². The fourth-order valence-electron chi connectivity index (χ4n) is 1.57. The van der Waals surface area contributed by atoms with Crippen LogP contribution in [0.3, 0.4) is 0 Å². The zero-order valence-corrected chi connectivity index (χ0v) is 12.2. The van der Waals surface area contributed by atoms with Gasteiger partial charge in [-0.2, -0.15) is 0 Å². The van der Waals surface area contributed by atoms with Gasteiger partial charge in [0.2, 0.25) is 0 Å². The Kier molecular flexibility index (Phi) is 7.52. The second-order valence-electron chi connectivity index (χ2n) is 4.10. The van der Waals surface area contributed by atoms with E-state index >= 15 is 0 Å². The maximum Gasteiger partial charge on any atom is 0.306 e. The maximum atomic E-state index is 13.3. The van der Waals surface area contributed by atoms with Crippen LogP contribution in [0.25, 0.3) is 0 Å². The van der Waals surface area contributed by atoms with Crippen LogP contribution < -0.4 is 5.32 Å². The summed E-state index contributed by atoms with van der Waals surface area (Å²) in [6.07, 6.45) is 1.40. The van der Waals surface area contributed by atoms with Crippen molar-refractivity contribution in [2.45, 2.75) is 31.2 Å². The summed E-state index contributed by atoms with van der Waals surface area (Å²) < 4.78 is 17.8. The lowest BCUT2D eigenvalue weighted by Crippen LogP contribution is -2.14. The lowest BCUT2D eigenvalue weighted by Gasteiger charge is -2.10. The van der Waals surface area contributed by atoms with Gasteiger partial charge in [-0.1, -0.05) is 6.92 Å². The molecule has 0 aromatic heterocycles. The van der Waals surface area contributed by atoms with Crippen molar-refractivity contribution < 1.29 is 13.9 Å². The number of nitrogens with one attached hydrogen (secondary N) is 1. The van der Waals surface area contributed by atoms with Crippen molar-refractivity contribution in [1.29, 1.82) is 0 Å². The van der Waals surface area contributed by atoms with Gasteiger partial charge in [0.05, 0.1) is 13.5 Å². The van der Waals surface area contributed by atoms with Crippen LogP contribution in [-0.4, -0.2) is 25.4 Å². The molecule has 0 atom stereocenters. The first-order valence-electron chi connectivity index (χ1n) is 6.36. The lowest BCUT2D eigenvalue weighted by molar-refractivity contribution is -0.140. The molecule has 0 aliphatic carbocycles. The second-order valence-corrected chi connectivity index (χ2v) is 5.24. The average Bonchev–Trinajstić information content (AvgIpc) is 2.41. The molecule has 0 amide bonds. The molecule has 19 heavy (non-hydrogen) atoms. The van der Waals surface area contributed by atoms with E-state index in [9.17, 15) is 9.18 Å². The van der Waals surface area contributed by atoms with Gasteiger partial charge in [0.1, 0.15) is 5.82 Å². The quantitative estimate of drug-likeness (QED) is 0.453. The Morgan fingerprint density at radius 3 is 2.95 bits per heavy atom. The molecule has 1 rings (SSSR count). The van der Waals surface area contributed by atoms with E-state index in [1.165, 1.54) is 13.2 Å². The third-order valence-corrected chi connectivity index (χ3v) is 3.67. The Balaban J connectivity index is 2.57. The third kappa shape index (κ3) is 6.07. The largest absolute Gasteiger partial charge is 0.469 e. The van der Waals surface area contributed by atoms with Crippen LogP contribution in [0.15, 0.2) is 23.1 Å². The van der Waals surface area contributed by atoms with Gasteiger partial charge in [-0.15, -0.1) is 11.8 Å². The summed E-state index contributed by atoms with van der Waals surface area (Å²) >= 11 is 1.55. The number of rotatable bonds is 8. The smallest absolute Gasteiger partial charge is 0.306 e. The second kappa shape index (κ2) is 8.93. The Labute approximate surface area is 117 Å². The van der Waals surface area contributed by atoms with Crippen molar-refractivity contribution in [3.8, 4) is 0 Å². The zero-order chi connectivity index (χ0) is 14.1. The number of hydrogen-bond donors (Lipinski definition) is 1. The molecule has 106 valence electrons. The molecule has 1 N–H and O–H groups in total. The van der Waals surface area contributed by atoms with Crippen LogP contribution in [0.5, 0.6) is 0 Å². The number of thioether (sulfide) groups is 1. The highest BCUT2D eigenvalue weighted by atomic mass is 32.2. The minimum absolute atomic E-state index is 0.222. The Hall–Kier alpha value is -1.07. The first kappa shape index (κ1) is 16.0. The summed E-state index contributed by atoms with van der Waals surface area (Å²) in [4.78, 5) is 12.1. The molecule has 5 heteroatoms. The molecule has 0 fully saturated rings. The number of hydrogen-bond acceptors (Lipinski definition) is 4. The number of methoxy groups -OCH3 is 1. The van der Waals surface area contributed by atoms with Crippen LogP contribution in [-0.2, 0) is 16.1 Å². The Morgan fingerprint density at radius 1 is 1.47 bits per heavy atom. The van der Waals surface area contributed by atoms with E-state index in [-0.39, 0.29) is 11.8 Å². The van der Waals surface area contributed by atoms with E-state index in [0.29, 0.717) is 18.7 Å². The molecule has 1 aromatic carbocycles. The van der Waals surface area contributed by atoms with Gasteiger partial charge < -0.3 is 10.1 Å². The van der Waals surface area contributed by atoms with Crippen molar-refractivity contribution in [1.82, 2.24) is 5.32 Å². The van der Waals surface area contributed by atoms with Crippen molar-refractivity contribution in [3.05, 3.63) is 29.6 Å². The Morgan fingerprint density at radius 2 is 2.26 bits per heavy atom. The van der Waals surface area contributed by atoms with Crippen LogP contribution in [0.4, 0.5) is 4.39 Å². The first-order valence-corrected chi connectivity index (χ1v) is 7.34. The number of ether oxygens (including phenoxy) is 1. The van der Waals surface area contributed by atoms with Crippen molar-refractivity contribution in [3.63, 3.8) is 0 Å². The fraction of sp³-hybridized carbons (Fsp3) is 0.500. The summed E-state index contributed by atoms with van der Waals surface area (Å²) in [6.45, 7) is 3.64. The van der Waals surface area contributed by atoms with Gasteiger partial charge >= 0.3 is 5.97 Å². The summed E-state index contributed by atoms with van der Waals surface area (Å²) in [5.41, 5.74) is 0.934. The highest BCUT2D eigenvalue weighted by molar-refractivity contribution is 7.99. The summed E-state index contributed by atoms with van der Waals surface area (Å²) in [5, 5.41) is 3.26. The molecule has 0 saturated heterocycles. The summed E-state index contributed by atoms with van der Waals surface area (Å²) in [5.74, 6) is 0.185. The van der Waals surface area contributed by atoms with E-state index in [1.807, 2.05) is 0 Å². The SMILES string of the molecule is CCCNCc1cc(F)ccc1SCCC(=O)OC. The Bertz CT molecular complexity index is 412. The van der Waals surface area contributed by atoms with Gasteiger partial charge in [-0.25, -0.2) is 4.39 Å². The normalized spacial score (nSPS) is 10.5. The molecule has 3 nitrogen and oxygen atoms in total. The molecule has 0 heterocycles. The maximum absolute atomic E-state index is 13.3. The molecule has 0 unspecified atom stereocenters. The van der Waals surface area contributed by atoms with Gasteiger partial charge in [-0.05, 0) is 36.7 Å². The number of benzene rings is 1. The predicted octanol–water partition coefficient (Wildman–Crippen LogP) is 2.98. The van der Waals surface area contributed by atoms with Crippen LogP contribution >= 0.6 is 11.8 Å². The summed E-state index contributed by atoms with van der Waals surface area (Å²) in [7, 11) is 1.38. The van der Waals surface area contributed by atoms with Crippen molar-refractivity contribution in [2.75, 3.05) is 19.4 Å². The molecule has 0 radical (unpaired) electrons. The van der Waals surface area contributed by atoms with Gasteiger partial charge in [0.25, 0.3) is 0 Å². The molecule has 0 bridgehead atoms. The number of halogens is 1. The third-order valence-electron chi connectivity index (χ3n) is 2.56. The molecule has 1 aromatic rings. The zero-order valence-electron chi connectivity index (χ0n) is 11.4. The summed E-state index contributed by atoms with van der Waals surface area (Å²) in [6, 6.07) is 4.76. The van der Waals surface area contributed by atoms with Gasteiger partial charge in [-0.3, -0.25) is 4.79 Å². The van der Waals surface area contributed by atoms with Crippen LogP contribution in [0.1, 0.15) is 25.3 Å². The van der Waals surface area contributed by atoms with E-state index < -0.39 is 0 Å². The molecular formula is C14H20FNO2S. The minimum Gasteiger partial charge on any atom is -0.469 e. The van der Waals surface area contributed by atoms with E-state index in [4.69, 9.17) is 0 Å². The molecular weight excluding hydrogens is 265 g/mol. The number of carbonyl (C=O) groups excluding carboxylic acids is 1. The fourth-order valence-corrected chi connectivity index (χ4v) is 2.54. The molecule has 0 aliphatic rings. The topological polar surface area (TPSA) is 38.3 Å². The minimum atomic E-state index is -0.231. The number of esters is 1. The average molecular weight is 285 g/mol. The highest BCUT2D eigenvalue weighted by Gasteiger charge is 2.06. The van der Waals surface area contributed by atoms with E-state index in [1.54, 1.807) is 23.9 Å². The predicted molar refractivity (Wildman–Crippen MR) is 75.8 cm³/mol. The molecule has 0 saturated carbocycles. The van der Waals surface area contributed by atoms with Crippen molar-refractivity contribution in [2.24, 2.45) is 0 Å². The van der Waals surface area contributed by atoms with Gasteiger partial charge in [0.15, 0.2) is 0 Å². The van der Waals surface area contributed by atoms with E-state index in [0.717, 1.165) is 23.4 Å². The molecule has 0 spiro atoms. The van der Waals surface area contributed by atoms with Crippen LogP contribution in [0, 0.1) is 5.82 Å². The lowest BCUT2D eigenvalue weighted by atomic mass is 10.2. The number of carbonyl (C=O) groups is 1. The highest BCUT2D eigenvalue weighted by Crippen LogP contribution is 2.24. The van der Waals surface area contributed by atoms with E-state index in [2.05, 4.69) is 17.0 Å². The monoisotopic (exact) mass is 285 g/mol.